The molecule has 1 heterocycles. The molecule has 21 heavy (non-hydrogen) atoms. The molecule has 0 bridgehead atoms. The lowest BCUT2D eigenvalue weighted by molar-refractivity contribution is 0.126. The van der Waals surface area contributed by atoms with Crippen LogP contribution in [0, 0.1) is 0 Å². The van der Waals surface area contributed by atoms with Crippen molar-refractivity contribution in [2.75, 3.05) is 10.6 Å². The summed E-state index contributed by atoms with van der Waals surface area (Å²) >= 11 is 0. The van der Waals surface area contributed by atoms with Crippen LogP contribution in [0.5, 0.6) is 0 Å². The molecule has 110 valence electrons. The van der Waals surface area contributed by atoms with Crippen molar-refractivity contribution < 1.29 is 5.11 Å². The molecule has 0 unspecified atom stereocenters. The molecule has 0 atom stereocenters. The Kier molecular flexibility index (Phi) is 4.31. The van der Waals surface area contributed by atoms with Crippen molar-refractivity contribution in [2.24, 2.45) is 0 Å². The van der Waals surface area contributed by atoms with Crippen LogP contribution in [-0.4, -0.2) is 27.2 Å². The number of aromatic nitrogens is 2. The van der Waals surface area contributed by atoms with Crippen LogP contribution in [0.4, 0.5) is 17.3 Å². The first-order valence-electron chi connectivity index (χ1n) is 7.38. The lowest BCUT2D eigenvalue weighted by Gasteiger charge is -2.26. The van der Waals surface area contributed by atoms with Crippen molar-refractivity contribution >= 4 is 17.3 Å². The molecule has 3 rings (SSSR count). The fraction of sp³-hybridized carbons (Fsp3) is 0.375. The van der Waals surface area contributed by atoms with Gasteiger partial charge in [0.15, 0.2) is 0 Å². The molecule has 3 N–H and O–H groups in total. The second-order valence-electron chi connectivity index (χ2n) is 5.43. The van der Waals surface area contributed by atoms with E-state index >= 15 is 0 Å². The lowest BCUT2D eigenvalue weighted by Crippen LogP contribution is -2.28. The summed E-state index contributed by atoms with van der Waals surface area (Å²) in [6.07, 6.45) is 5.10. The standard InChI is InChI=1S/C16H20N4O/c21-14-8-6-13(7-9-14)20-16-10-15(17-11-18-16)19-12-4-2-1-3-5-12/h1-5,10-11,13-14,21H,6-9H2,(H2,17,18,19,20). The van der Waals surface area contributed by atoms with Crippen LogP contribution < -0.4 is 10.6 Å². The van der Waals surface area contributed by atoms with Gasteiger partial charge in [0, 0.05) is 17.8 Å². The van der Waals surface area contributed by atoms with Gasteiger partial charge < -0.3 is 15.7 Å². The fourth-order valence-electron chi connectivity index (χ4n) is 2.60. The molecule has 0 amide bonds. The molecule has 1 fully saturated rings. The van der Waals surface area contributed by atoms with Crippen LogP contribution in [0.25, 0.3) is 0 Å². The topological polar surface area (TPSA) is 70.1 Å². The highest BCUT2D eigenvalue weighted by Gasteiger charge is 2.19. The Morgan fingerprint density at radius 2 is 1.67 bits per heavy atom. The van der Waals surface area contributed by atoms with E-state index in [1.807, 2.05) is 36.4 Å². The average molecular weight is 284 g/mol. The van der Waals surface area contributed by atoms with Gasteiger partial charge in [0.2, 0.25) is 0 Å². The first kappa shape index (κ1) is 13.8. The highest BCUT2D eigenvalue weighted by molar-refractivity contribution is 5.58. The van der Waals surface area contributed by atoms with E-state index in [9.17, 15) is 5.11 Å². The summed E-state index contributed by atoms with van der Waals surface area (Å²) in [5, 5.41) is 16.2. The zero-order valence-corrected chi connectivity index (χ0v) is 11.9. The number of nitrogens with one attached hydrogen (secondary N) is 2. The zero-order chi connectivity index (χ0) is 14.5. The SMILES string of the molecule is OC1CCC(Nc2cc(Nc3ccccc3)ncn2)CC1. The zero-order valence-electron chi connectivity index (χ0n) is 11.9. The Labute approximate surface area is 124 Å². The molecule has 0 saturated heterocycles. The third kappa shape index (κ3) is 3.92. The average Bonchev–Trinajstić information content (AvgIpc) is 2.51. The van der Waals surface area contributed by atoms with Crippen molar-refractivity contribution in [1.82, 2.24) is 9.97 Å². The number of hydrogen-bond donors (Lipinski definition) is 3. The molecule has 1 saturated carbocycles. The molecule has 0 spiro atoms. The first-order valence-corrected chi connectivity index (χ1v) is 7.38. The van der Waals surface area contributed by atoms with Gasteiger partial charge in [-0.05, 0) is 37.8 Å². The number of anilines is 3. The maximum atomic E-state index is 9.54. The van der Waals surface area contributed by atoms with Crippen molar-refractivity contribution in [2.45, 2.75) is 37.8 Å². The summed E-state index contributed by atoms with van der Waals surface area (Å²) in [6.45, 7) is 0. The van der Waals surface area contributed by atoms with Crippen LogP contribution >= 0.6 is 0 Å². The molecule has 0 radical (unpaired) electrons. The van der Waals surface area contributed by atoms with Crippen molar-refractivity contribution in [3.05, 3.63) is 42.7 Å². The molecule has 5 nitrogen and oxygen atoms in total. The van der Waals surface area contributed by atoms with E-state index in [1.165, 1.54) is 0 Å². The molecule has 0 aliphatic heterocycles. The predicted molar refractivity (Wildman–Crippen MR) is 83.6 cm³/mol. The summed E-state index contributed by atoms with van der Waals surface area (Å²) in [5.74, 6) is 1.60. The van der Waals surface area contributed by atoms with E-state index < -0.39 is 0 Å². The quantitative estimate of drug-likeness (QED) is 0.805. The number of rotatable bonds is 4. The summed E-state index contributed by atoms with van der Waals surface area (Å²) in [6, 6.07) is 12.2. The molecular formula is C16H20N4O. The van der Waals surface area contributed by atoms with E-state index in [2.05, 4.69) is 20.6 Å². The number of aliphatic hydroxyl groups excluding tert-OH is 1. The first-order chi connectivity index (χ1) is 10.3. The van der Waals surface area contributed by atoms with Crippen LogP contribution in [0.1, 0.15) is 25.7 Å². The van der Waals surface area contributed by atoms with Crippen molar-refractivity contribution in [3.63, 3.8) is 0 Å². The van der Waals surface area contributed by atoms with Crippen molar-refractivity contribution in [3.8, 4) is 0 Å². The monoisotopic (exact) mass is 284 g/mol. The van der Waals surface area contributed by atoms with Gasteiger partial charge in [0.05, 0.1) is 6.10 Å². The van der Waals surface area contributed by atoms with Gasteiger partial charge in [-0.1, -0.05) is 18.2 Å². The Morgan fingerprint density at radius 1 is 0.952 bits per heavy atom. The van der Waals surface area contributed by atoms with Crippen LogP contribution in [0.3, 0.4) is 0 Å². The molecule has 1 aliphatic rings. The highest BCUT2D eigenvalue weighted by Crippen LogP contribution is 2.22. The van der Waals surface area contributed by atoms with Crippen molar-refractivity contribution in [1.29, 1.82) is 0 Å². The predicted octanol–water partition coefficient (Wildman–Crippen LogP) is 2.94. The Morgan fingerprint density at radius 3 is 2.43 bits per heavy atom. The van der Waals surface area contributed by atoms with Gasteiger partial charge in [0.25, 0.3) is 0 Å². The Hall–Kier alpha value is -2.14. The number of para-hydroxylation sites is 1. The minimum absolute atomic E-state index is 0.135. The highest BCUT2D eigenvalue weighted by atomic mass is 16.3. The lowest BCUT2D eigenvalue weighted by atomic mass is 9.93. The smallest absolute Gasteiger partial charge is 0.135 e. The minimum Gasteiger partial charge on any atom is -0.393 e. The van der Waals surface area contributed by atoms with Gasteiger partial charge >= 0.3 is 0 Å². The van der Waals surface area contributed by atoms with E-state index in [-0.39, 0.29) is 6.10 Å². The largest absolute Gasteiger partial charge is 0.393 e. The van der Waals surface area contributed by atoms with E-state index in [0.29, 0.717) is 6.04 Å². The molecule has 2 aromatic rings. The fourth-order valence-corrected chi connectivity index (χ4v) is 2.60. The van der Waals surface area contributed by atoms with E-state index in [0.717, 1.165) is 43.0 Å². The van der Waals surface area contributed by atoms with Gasteiger partial charge in [-0.3, -0.25) is 0 Å². The van der Waals surface area contributed by atoms with Crippen LogP contribution in [-0.2, 0) is 0 Å². The van der Waals surface area contributed by atoms with Gasteiger partial charge in [-0.25, -0.2) is 9.97 Å². The molecular weight excluding hydrogens is 264 g/mol. The second kappa shape index (κ2) is 6.54. The van der Waals surface area contributed by atoms with Gasteiger partial charge in [0.1, 0.15) is 18.0 Å². The molecule has 1 aromatic heterocycles. The number of nitrogens with zero attached hydrogens (tertiary/aromatic N) is 2. The third-order valence-electron chi connectivity index (χ3n) is 3.76. The number of aliphatic hydroxyl groups is 1. The second-order valence-corrected chi connectivity index (χ2v) is 5.43. The summed E-state index contributed by atoms with van der Waals surface area (Å²) in [7, 11) is 0. The summed E-state index contributed by atoms with van der Waals surface area (Å²) in [5.41, 5.74) is 1.00. The van der Waals surface area contributed by atoms with Crippen LogP contribution in [0.2, 0.25) is 0 Å². The third-order valence-corrected chi connectivity index (χ3v) is 3.76. The number of hydrogen-bond acceptors (Lipinski definition) is 5. The van der Waals surface area contributed by atoms with E-state index in [1.54, 1.807) is 6.33 Å². The molecule has 1 aliphatic carbocycles. The number of benzene rings is 1. The Balaban J connectivity index is 1.63. The maximum Gasteiger partial charge on any atom is 0.135 e. The molecule has 1 aromatic carbocycles. The van der Waals surface area contributed by atoms with Crippen LogP contribution in [0.15, 0.2) is 42.7 Å². The minimum atomic E-state index is -0.135. The van der Waals surface area contributed by atoms with Gasteiger partial charge in [-0.2, -0.15) is 0 Å². The summed E-state index contributed by atoms with van der Waals surface area (Å²) in [4.78, 5) is 8.51. The maximum absolute atomic E-state index is 9.54. The van der Waals surface area contributed by atoms with Gasteiger partial charge in [-0.15, -0.1) is 0 Å². The molecule has 5 heteroatoms. The summed E-state index contributed by atoms with van der Waals surface area (Å²) < 4.78 is 0. The Bertz CT molecular complexity index is 567. The van der Waals surface area contributed by atoms with E-state index in [4.69, 9.17) is 0 Å². The normalized spacial score (nSPS) is 21.8.